The van der Waals surface area contributed by atoms with E-state index in [1.54, 1.807) is 12.1 Å². The third kappa shape index (κ3) is 1.70. The van der Waals surface area contributed by atoms with E-state index in [-0.39, 0.29) is 5.82 Å². The summed E-state index contributed by atoms with van der Waals surface area (Å²) in [5, 5.41) is 0. The molecule has 2 aliphatic carbocycles. The van der Waals surface area contributed by atoms with Gasteiger partial charge in [0, 0.05) is 6.04 Å². The topological polar surface area (TPSA) is 43.8 Å². The molecule has 2 aromatic rings. The molecule has 1 aromatic heterocycles. The van der Waals surface area contributed by atoms with Gasteiger partial charge in [-0.15, -0.1) is 0 Å². The average Bonchev–Trinajstić information content (AvgIpc) is 3.23. The summed E-state index contributed by atoms with van der Waals surface area (Å²) in [6.07, 6.45) is 4.65. The molecule has 1 heterocycles. The lowest BCUT2D eigenvalue weighted by Gasteiger charge is -2.25. The predicted molar refractivity (Wildman–Crippen MR) is 72.2 cm³/mol. The molecule has 0 amide bonds. The highest BCUT2D eigenvalue weighted by Crippen LogP contribution is 2.47. The quantitative estimate of drug-likeness (QED) is 0.920. The van der Waals surface area contributed by atoms with Gasteiger partial charge in [0.05, 0.1) is 16.6 Å². The SMILES string of the molecule is CC(N)(c1nc2ccc(F)cc2n1C1CC1)C1CC1. The van der Waals surface area contributed by atoms with E-state index in [9.17, 15) is 4.39 Å². The van der Waals surface area contributed by atoms with Gasteiger partial charge in [-0.05, 0) is 56.7 Å². The first kappa shape index (κ1) is 11.4. The summed E-state index contributed by atoms with van der Waals surface area (Å²) >= 11 is 0. The lowest BCUT2D eigenvalue weighted by molar-refractivity contribution is 0.383. The zero-order valence-electron chi connectivity index (χ0n) is 11.1. The Labute approximate surface area is 111 Å². The van der Waals surface area contributed by atoms with Crippen LogP contribution in [0.5, 0.6) is 0 Å². The number of imidazole rings is 1. The van der Waals surface area contributed by atoms with Crippen LogP contribution in [-0.2, 0) is 5.54 Å². The second-order valence-corrected chi connectivity index (χ2v) is 6.23. The normalized spacial score (nSPS) is 22.7. The predicted octanol–water partition coefficient (Wildman–Crippen LogP) is 3.09. The number of rotatable bonds is 3. The van der Waals surface area contributed by atoms with Crippen molar-refractivity contribution in [1.29, 1.82) is 0 Å². The number of aromatic nitrogens is 2. The third-order valence-corrected chi connectivity index (χ3v) is 4.47. The van der Waals surface area contributed by atoms with Crippen molar-refractivity contribution in [2.75, 3.05) is 0 Å². The molecule has 19 heavy (non-hydrogen) atoms. The van der Waals surface area contributed by atoms with Crippen LogP contribution in [0.25, 0.3) is 11.0 Å². The second-order valence-electron chi connectivity index (χ2n) is 6.23. The van der Waals surface area contributed by atoms with Gasteiger partial charge in [0.2, 0.25) is 0 Å². The van der Waals surface area contributed by atoms with Gasteiger partial charge in [0.15, 0.2) is 0 Å². The Hall–Kier alpha value is -1.42. The molecule has 1 aromatic carbocycles. The monoisotopic (exact) mass is 259 g/mol. The molecule has 0 aliphatic heterocycles. The molecule has 3 nitrogen and oxygen atoms in total. The minimum absolute atomic E-state index is 0.203. The van der Waals surface area contributed by atoms with Gasteiger partial charge < -0.3 is 10.3 Å². The Kier molecular flexibility index (Phi) is 2.14. The second kappa shape index (κ2) is 3.57. The Morgan fingerprint density at radius 2 is 2.05 bits per heavy atom. The minimum atomic E-state index is -0.391. The van der Waals surface area contributed by atoms with Crippen molar-refractivity contribution in [1.82, 2.24) is 9.55 Å². The maximum atomic E-state index is 13.5. The van der Waals surface area contributed by atoms with Crippen molar-refractivity contribution in [3.63, 3.8) is 0 Å². The molecule has 2 N–H and O–H groups in total. The van der Waals surface area contributed by atoms with Crippen LogP contribution in [0.1, 0.15) is 44.5 Å². The number of fused-ring (bicyclic) bond motifs is 1. The van der Waals surface area contributed by atoms with E-state index in [1.165, 1.54) is 18.9 Å². The molecular formula is C15H18FN3. The molecule has 2 saturated carbocycles. The molecule has 0 bridgehead atoms. The van der Waals surface area contributed by atoms with Crippen molar-refractivity contribution >= 4 is 11.0 Å². The number of hydrogen-bond donors (Lipinski definition) is 1. The summed E-state index contributed by atoms with van der Waals surface area (Å²) in [6.45, 7) is 2.07. The van der Waals surface area contributed by atoms with E-state index in [2.05, 4.69) is 11.5 Å². The number of hydrogen-bond acceptors (Lipinski definition) is 2. The van der Waals surface area contributed by atoms with E-state index in [4.69, 9.17) is 10.7 Å². The van der Waals surface area contributed by atoms with Crippen molar-refractivity contribution in [3.8, 4) is 0 Å². The minimum Gasteiger partial charge on any atom is -0.323 e. The molecule has 0 saturated heterocycles. The first-order valence-corrected chi connectivity index (χ1v) is 7.04. The lowest BCUT2D eigenvalue weighted by Crippen LogP contribution is -2.38. The Morgan fingerprint density at radius 3 is 2.68 bits per heavy atom. The maximum absolute atomic E-state index is 13.5. The van der Waals surface area contributed by atoms with Crippen molar-refractivity contribution in [2.24, 2.45) is 11.7 Å². The van der Waals surface area contributed by atoms with Crippen LogP contribution >= 0.6 is 0 Å². The Balaban J connectivity index is 1.96. The fourth-order valence-electron chi connectivity index (χ4n) is 3.01. The lowest BCUT2D eigenvalue weighted by atomic mass is 9.96. The van der Waals surface area contributed by atoms with Crippen LogP contribution in [0.15, 0.2) is 18.2 Å². The highest BCUT2D eigenvalue weighted by molar-refractivity contribution is 5.76. The standard InChI is InChI=1S/C15H18FN3/c1-15(17,9-2-3-9)14-18-12-7-4-10(16)8-13(12)19(14)11-5-6-11/h4,7-9,11H,2-3,5-6,17H2,1H3. The highest BCUT2D eigenvalue weighted by atomic mass is 19.1. The first-order chi connectivity index (χ1) is 9.07. The number of nitrogens with two attached hydrogens (primary N) is 1. The summed E-state index contributed by atoms with van der Waals surface area (Å²) in [5.41, 5.74) is 7.90. The van der Waals surface area contributed by atoms with Gasteiger partial charge in [0.1, 0.15) is 11.6 Å². The molecular weight excluding hydrogens is 241 g/mol. The molecule has 1 atom stereocenters. The maximum Gasteiger partial charge on any atom is 0.130 e. The zero-order valence-corrected chi connectivity index (χ0v) is 11.1. The average molecular weight is 259 g/mol. The fraction of sp³-hybridized carbons (Fsp3) is 0.533. The largest absolute Gasteiger partial charge is 0.323 e. The summed E-state index contributed by atoms with van der Waals surface area (Å²) in [5.74, 6) is 1.26. The summed E-state index contributed by atoms with van der Waals surface area (Å²) in [4.78, 5) is 4.72. The molecule has 0 radical (unpaired) electrons. The van der Waals surface area contributed by atoms with Crippen LogP contribution in [0.4, 0.5) is 4.39 Å². The van der Waals surface area contributed by atoms with E-state index in [1.807, 2.05) is 0 Å². The van der Waals surface area contributed by atoms with Crippen LogP contribution in [0, 0.1) is 11.7 Å². The van der Waals surface area contributed by atoms with E-state index in [0.29, 0.717) is 12.0 Å². The van der Waals surface area contributed by atoms with Gasteiger partial charge >= 0.3 is 0 Å². The van der Waals surface area contributed by atoms with Gasteiger partial charge in [-0.2, -0.15) is 0 Å². The summed E-state index contributed by atoms with van der Waals surface area (Å²) < 4.78 is 15.7. The zero-order chi connectivity index (χ0) is 13.2. The Bertz CT molecular complexity index is 651. The van der Waals surface area contributed by atoms with Gasteiger partial charge in [0.25, 0.3) is 0 Å². The molecule has 4 rings (SSSR count). The van der Waals surface area contributed by atoms with Crippen LogP contribution in [0.3, 0.4) is 0 Å². The molecule has 1 unspecified atom stereocenters. The van der Waals surface area contributed by atoms with Crippen LogP contribution in [0.2, 0.25) is 0 Å². The summed E-state index contributed by atoms with van der Waals surface area (Å²) in [7, 11) is 0. The van der Waals surface area contributed by atoms with E-state index >= 15 is 0 Å². The Morgan fingerprint density at radius 1 is 1.32 bits per heavy atom. The van der Waals surface area contributed by atoms with Crippen LogP contribution < -0.4 is 5.73 Å². The van der Waals surface area contributed by atoms with Crippen LogP contribution in [-0.4, -0.2) is 9.55 Å². The third-order valence-electron chi connectivity index (χ3n) is 4.47. The number of nitrogens with zero attached hydrogens (tertiary/aromatic N) is 2. The molecule has 0 spiro atoms. The highest BCUT2D eigenvalue weighted by Gasteiger charge is 2.44. The fourth-order valence-corrected chi connectivity index (χ4v) is 3.01. The van der Waals surface area contributed by atoms with Gasteiger partial charge in [-0.3, -0.25) is 0 Å². The van der Waals surface area contributed by atoms with Gasteiger partial charge in [-0.25, -0.2) is 9.37 Å². The number of benzene rings is 1. The van der Waals surface area contributed by atoms with Crippen molar-refractivity contribution in [3.05, 3.63) is 29.8 Å². The van der Waals surface area contributed by atoms with E-state index < -0.39 is 5.54 Å². The first-order valence-electron chi connectivity index (χ1n) is 7.04. The molecule has 100 valence electrons. The number of halogens is 1. The molecule has 2 fully saturated rings. The smallest absolute Gasteiger partial charge is 0.130 e. The van der Waals surface area contributed by atoms with E-state index in [0.717, 1.165) is 29.7 Å². The summed E-state index contributed by atoms with van der Waals surface area (Å²) in [6, 6.07) is 5.29. The molecule has 4 heteroatoms. The van der Waals surface area contributed by atoms with Gasteiger partial charge in [-0.1, -0.05) is 0 Å². The molecule has 2 aliphatic rings. The van der Waals surface area contributed by atoms with Crippen molar-refractivity contribution < 1.29 is 4.39 Å². The van der Waals surface area contributed by atoms with Crippen molar-refractivity contribution in [2.45, 2.75) is 44.2 Å².